The predicted octanol–water partition coefficient (Wildman–Crippen LogP) is 1.98. The van der Waals surface area contributed by atoms with Crippen LogP contribution in [0.5, 0.6) is 5.75 Å². The van der Waals surface area contributed by atoms with Gasteiger partial charge in [0.15, 0.2) is 0 Å². The van der Waals surface area contributed by atoms with Crippen molar-refractivity contribution in [2.75, 3.05) is 13.7 Å². The summed E-state index contributed by atoms with van der Waals surface area (Å²) in [4.78, 5) is 25.6. The summed E-state index contributed by atoms with van der Waals surface area (Å²) >= 11 is 5.86. The number of nitrogens with zero attached hydrogens (tertiary/aromatic N) is 3. The number of halogens is 1. The lowest BCUT2D eigenvalue weighted by atomic mass is 10.2. The highest BCUT2D eigenvalue weighted by Gasteiger charge is 2.19. The smallest absolute Gasteiger partial charge is 0.381 e. The quantitative estimate of drug-likeness (QED) is 0.450. The van der Waals surface area contributed by atoms with Crippen LogP contribution in [0.4, 0.5) is 5.82 Å². The first-order valence-corrected chi connectivity index (χ1v) is 7.56. The summed E-state index contributed by atoms with van der Waals surface area (Å²) in [7, 11) is 1.23. The topological polar surface area (TPSA) is 117 Å². The van der Waals surface area contributed by atoms with Gasteiger partial charge in [0, 0.05) is 11.9 Å². The molecule has 0 amide bonds. The summed E-state index contributed by atoms with van der Waals surface area (Å²) in [5, 5.41) is 21.1. The fourth-order valence-electron chi connectivity index (χ4n) is 2.13. The lowest BCUT2D eigenvalue weighted by molar-refractivity contribution is -0.389. The van der Waals surface area contributed by atoms with Gasteiger partial charge in [-0.05, 0) is 28.1 Å². The first-order chi connectivity index (χ1) is 11.8. The van der Waals surface area contributed by atoms with Crippen LogP contribution in [0.3, 0.4) is 0 Å². The van der Waals surface area contributed by atoms with Crippen molar-refractivity contribution in [1.29, 1.82) is 0 Å². The Morgan fingerprint density at radius 2 is 2.24 bits per heavy atom. The van der Waals surface area contributed by atoms with E-state index in [1.54, 1.807) is 13.0 Å². The third-order valence-electron chi connectivity index (χ3n) is 3.34. The second-order valence-electron chi connectivity index (χ2n) is 5.15. The average molecular weight is 370 g/mol. The maximum atomic E-state index is 11.7. The number of rotatable bonds is 7. The van der Waals surface area contributed by atoms with E-state index in [1.807, 2.05) is 0 Å². The van der Waals surface area contributed by atoms with E-state index in [1.165, 1.54) is 30.0 Å². The van der Waals surface area contributed by atoms with Gasteiger partial charge in [0.05, 0.1) is 13.7 Å². The van der Waals surface area contributed by atoms with Crippen LogP contribution in [0.2, 0.25) is 5.02 Å². The molecule has 9 nitrogen and oxygen atoms in total. The van der Waals surface area contributed by atoms with Crippen LogP contribution in [0.1, 0.15) is 16.2 Å². The molecule has 0 saturated heterocycles. The molecule has 0 aliphatic rings. The van der Waals surface area contributed by atoms with E-state index >= 15 is 0 Å². The SMILES string of the molecule is COC(=O)c1cc(Cl)ccc1OCC(O)Cn1cc([N+](=O)[O-])nc1C. The Hall–Kier alpha value is -2.65. The molecule has 0 aliphatic heterocycles. The van der Waals surface area contributed by atoms with Gasteiger partial charge in [-0.3, -0.25) is 0 Å². The number of ether oxygens (including phenoxy) is 2. The molecule has 0 saturated carbocycles. The van der Waals surface area contributed by atoms with E-state index in [-0.39, 0.29) is 30.3 Å². The molecule has 1 aromatic heterocycles. The van der Waals surface area contributed by atoms with Crippen molar-refractivity contribution in [2.45, 2.75) is 19.6 Å². The Bertz CT molecular complexity index is 792. The number of imidazole rings is 1. The molecular formula is C15H16ClN3O6. The summed E-state index contributed by atoms with van der Waals surface area (Å²) in [6.07, 6.45) is 0.259. The third kappa shape index (κ3) is 4.68. The number of methoxy groups -OCH3 is 1. The molecule has 1 unspecified atom stereocenters. The number of esters is 1. The summed E-state index contributed by atoms with van der Waals surface area (Å²) in [5.41, 5.74) is 0.136. The van der Waals surface area contributed by atoms with Crippen molar-refractivity contribution < 1.29 is 24.3 Å². The molecule has 2 aromatic rings. The number of hydrogen-bond donors (Lipinski definition) is 1. The molecule has 1 aromatic carbocycles. The zero-order valence-electron chi connectivity index (χ0n) is 13.5. The van der Waals surface area contributed by atoms with Crippen LogP contribution in [-0.4, -0.2) is 45.4 Å². The van der Waals surface area contributed by atoms with E-state index in [2.05, 4.69) is 9.72 Å². The number of benzene rings is 1. The van der Waals surface area contributed by atoms with Gasteiger partial charge < -0.3 is 29.3 Å². The van der Waals surface area contributed by atoms with E-state index in [0.717, 1.165) is 0 Å². The Kier molecular flexibility index (Phi) is 5.94. The minimum Gasteiger partial charge on any atom is -0.490 e. The highest BCUT2D eigenvalue weighted by atomic mass is 35.5. The average Bonchev–Trinajstić information content (AvgIpc) is 2.94. The molecule has 2 rings (SSSR count). The number of aliphatic hydroxyl groups excluding tert-OH is 1. The van der Waals surface area contributed by atoms with Gasteiger partial charge in [0.25, 0.3) is 0 Å². The lowest BCUT2D eigenvalue weighted by Gasteiger charge is -2.15. The number of nitro groups is 1. The van der Waals surface area contributed by atoms with Crippen molar-refractivity contribution in [3.63, 3.8) is 0 Å². The summed E-state index contributed by atoms with van der Waals surface area (Å²) in [6.45, 7) is 1.50. The maximum Gasteiger partial charge on any atom is 0.381 e. The maximum absolute atomic E-state index is 11.7. The number of carbonyl (C=O) groups excluding carboxylic acids is 1. The fraction of sp³-hybridized carbons (Fsp3) is 0.333. The first-order valence-electron chi connectivity index (χ1n) is 7.18. The van der Waals surface area contributed by atoms with Crippen molar-refractivity contribution in [2.24, 2.45) is 0 Å². The minimum atomic E-state index is -0.978. The third-order valence-corrected chi connectivity index (χ3v) is 3.57. The van der Waals surface area contributed by atoms with Crippen LogP contribution in [0.15, 0.2) is 24.4 Å². The molecule has 0 fully saturated rings. The van der Waals surface area contributed by atoms with Crippen LogP contribution < -0.4 is 4.74 Å². The summed E-state index contributed by atoms with van der Waals surface area (Å²) < 4.78 is 11.6. The van der Waals surface area contributed by atoms with Gasteiger partial charge in [0.1, 0.15) is 30.2 Å². The van der Waals surface area contributed by atoms with Crippen LogP contribution in [-0.2, 0) is 11.3 Å². The number of hydrogen-bond acceptors (Lipinski definition) is 7. The second-order valence-corrected chi connectivity index (χ2v) is 5.59. The molecule has 0 spiro atoms. The molecule has 134 valence electrons. The van der Waals surface area contributed by atoms with Crippen LogP contribution in [0.25, 0.3) is 0 Å². The normalized spacial score (nSPS) is 11.8. The number of aryl methyl sites for hydroxylation is 1. The molecule has 1 N–H and O–H groups in total. The highest BCUT2D eigenvalue weighted by Crippen LogP contribution is 2.24. The standard InChI is InChI=1S/C15H16ClN3O6/c1-9-17-14(19(22)23)7-18(9)6-11(20)8-25-13-4-3-10(16)5-12(13)15(21)24-2/h3-5,7,11,20H,6,8H2,1-2H3. The van der Waals surface area contributed by atoms with Gasteiger partial charge in [-0.1, -0.05) is 11.6 Å². The van der Waals surface area contributed by atoms with Crippen molar-refractivity contribution in [3.8, 4) is 5.75 Å². The van der Waals surface area contributed by atoms with Gasteiger partial charge in [-0.2, -0.15) is 0 Å². The zero-order chi connectivity index (χ0) is 18.6. The molecule has 0 radical (unpaired) electrons. The van der Waals surface area contributed by atoms with E-state index < -0.39 is 17.0 Å². The predicted molar refractivity (Wildman–Crippen MR) is 87.9 cm³/mol. The summed E-state index contributed by atoms with van der Waals surface area (Å²) in [5.74, 6) is -0.305. The van der Waals surface area contributed by atoms with E-state index in [9.17, 15) is 20.0 Å². The Labute approximate surface area is 147 Å². The second kappa shape index (κ2) is 7.95. The first kappa shape index (κ1) is 18.7. The van der Waals surface area contributed by atoms with Crippen molar-refractivity contribution in [3.05, 3.63) is 50.9 Å². The summed E-state index contributed by atoms with van der Waals surface area (Å²) in [6, 6.07) is 4.44. The molecule has 0 aliphatic carbocycles. The molecule has 10 heteroatoms. The molecule has 0 bridgehead atoms. The monoisotopic (exact) mass is 369 g/mol. The highest BCUT2D eigenvalue weighted by molar-refractivity contribution is 6.31. The fourth-order valence-corrected chi connectivity index (χ4v) is 2.30. The van der Waals surface area contributed by atoms with Gasteiger partial charge in [0.2, 0.25) is 5.82 Å². The van der Waals surface area contributed by atoms with Crippen LogP contribution >= 0.6 is 11.6 Å². The molecule has 25 heavy (non-hydrogen) atoms. The number of aromatic nitrogens is 2. The van der Waals surface area contributed by atoms with Gasteiger partial charge in [-0.25, -0.2) is 4.79 Å². The van der Waals surface area contributed by atoms with E-state index in [4.69, 9.17) is 16.3 Å². The number of carbonyl (C=O) groups is 1. The lowest BCUT2D eigenvalue weighted by Crippen LogP contribution is -2.24. The van der Waals surface area contributed by atoms with E-state index in [0.29, 0.717) is 10.8 Å². The van der Waals surface area contributed by atoms with Crippen LogP contribution in [0, 0.1) is 17.0 Å². The zero-order valence-corrected chi connectivity index (χ0v) is 14.3. The molecular weight excluding hydrogens is 354 g/mol. The largest absolute Gasteiger partial charge is 0.490 e. The van der Waals surface area contributed by atoms with Crippen molar-refractivity contribution >= 4 is 23.4 Å². The van der Waals surface area contributed by atoms with Gasteiger partial charge in [-0.15, -0.1) is 0 Å². The minimum absolute atomic E-state index is 0.0494. The Morgan fingerprint density at radius 3 is 2.84 bits per heavy atom. The Morgan fingerprint density at radius 1 is 1.52 bits per heavy atom. The number of aliphatic hydroxyl groups is 1. The molecule has 1 atom stereocenters. The van der Waals surface area contributed by atoms with Crippen molar-refractivity contribution in [1.82, 2.24) is 9.55 Å². The molecule has 1 heterocycles. The Balaban J connectivity index is 2.04. The van der Waals surface area contributed by atoms with Gasteiger partial charge >= 0.3 is 11.8 Å².